The van der Waals surface area contributed by atoms with E-state index in [0.29, 0.717) is 12.5 Å². The molecule has 0 heterocycles. The average Bonchev–Trinajstić information content (AvgIpc) is 2.55. The van der Waals surface area contributed by atoms with Gasteiger partial charge in [-0.05, 0) is 68.7 Å². The number of hydrogen-bond donors (Lipinski definition) is 3. The van der Waals surface area contributed by atoms with Crippen LogP contribution in [0.4, 0.5) is 5.69 Å². The van der Waals surface area contributed by atoms with Crippen LogP contribution < -0.4 is 15.8 Å². The van der Waals surface area contributed by atoms with Crippen LogP contribution in [0.25, 0.3) is 0 Å². The molecule has 0 bridgehead atoms. The van der Waals surface area contributed by atoms with E-state index in [9.17, 15) is 5.11 Å². The quantitative estimate of drug-likeness (QED) is 0.413. The molecule has 0 amide bonds. The number of phenolic OH excluding ortho intramolecular Hbond substituents is 1. The van der Waals surface area contributed by atoms with Gasteiger partial charge in [0.15, 0.2) is 5.96 Å². The fraction of sp³-hybridized carbons (Fsp3) is 0.316. The molecule has 2 aromatic carbocycles. The molecule has 5 nitrogen and oxygen atoms in total. The summed E-state index contributed by atoms with van der Waals surface area (Å²) in [7, 11) is 0. The first-order chi connectivity index (χ1) is 11.5. The van der Waals surface area contributed by atoms with Crippen molar-refractivity contribution in [2.45, 2.75) is 32.8 Å². The predicted molar refractivity (Wildman–Crippen MR) is 98.7 cm³/mol. The smallest absolute Gasteiger partial charge is 0.193 e. The zero-order chi connectivity index (χ0) is 17.4. The monoisotopic (exact) mass is 327 g/mol. The number of guanidine groups is 1. The molecular weight excluding hydrogens is 302 g/mol. The molecule has 128 valence electrons. The van der Waals surface area contributed by atoms with Crippen molar-refractivity contribution in [1.29, 1.82) is 0 Å². The lowest BCUT2D eigenvalue weighted by atomic mass is 10.1. The lowest BCUT2D eigenvalue weighted by Crippen LogP contribution is -2.22. The molecule has 2 rings (SSSR count). The van der Waals surface area contributed by atoms with E-state index in [1.54, 1.807) is 12.1 Å². The number of hydrogen-bond acceptors (Lipinski definition) is 3. The highest BCUT2D eigenvalue weighted by Crippen LogP contribution is 2.16. The second-order valence-corrected chi connectivity index (χ2v) is 5.85. The van der Waals surface area contributed by atoms with Crippen LogP contribution in [0.5, 0.6) is 11.5 Å². The molecule has 2 aromatic rings. The van der Waals surface area contributed by atoms with E-state index in [1.165, 1.54) is 5.56 Å². The van der Waals surface area contributed by atoms with Crippen LogP contribution in [0.15, 0.2) is 53.5 Å². The molecule has 0 unspecified atom stereocenters. The van der Waals surface area contributed by atoms with E-state index >= 15 is 0 Å². The van der Waals surface area contributed by atoms with Crippen molar-refractivity contribution < 1.29 is 9.84 Å². The summed E-state index contributed by atoms with van der Waals surface area (Å²) in [6.45, 7) is 4.64. The largest absolute Gasteiger partial charge is 0.508 e. The Kier molecular flexibility index (Phi) is 6.49. The fourth-order valence-electron chi connectivity index (χ4n) is 2.22. The van der Waals surface area contributed by atoms with Gasteiger partial charge in [-0.3, -0.25) is 4.99 Å². The van der Waals surface area contributed by atoms with Crippen molar-refractivity contribution in [1.82, 2.24) is 0 Å². The summed E-state index contributed by atoms with van der Waals surface area (Å²) in [4.78, 5) is 4.33. The van der Waals surface area contributed by atoms with E-state index in [4.69, 9.17) is 10.5 Å². The highest BCUT2D eigenvalue weighted by Gasteiger charge is 1.99. The maximum absolute atomic E-state index is 9.25. The van der Waals surface area contributed by atoms with Crippen molar-refractivity contribution in [3.8, 4) is 11.5 Å². The van der Waals surface area contributed by atoms with Gasteiger partial charge in [-0.15, -0.1) is 0 Å². The average molecular weight is 327 g/mol. The number of nitrogens with zero attached hydrogens (tertiary/aromatic N) is 1. The third kappa shape index (κ3) is 6.20. The van der Waals surface area contributed by atoms with E-state index in [0.717, 1.165) is 24.3 Å². The van der Waals surface area contributed by atoms with Crippen molar-refractivity contribution in [3.63, 3.8) is 0 Å². The van der Waals surface area contributed by atoms with Crippen LogP contribution in [0.2, 0.25) is 0 Å². The fourth-order valence-corrected chi connectivity index (χ4v) is 2.22. The molecule has 0 saturated carbocycles. The Balaban J connectivity index is 1.75. The molecule has 0 atom stereocenters. The minimum Gasteiger partial charge on any atom is -0.508 e. The Morgan fingerprint density at radius 3 is 2.42 bits per heavy atom. The molecule has 0 fully saturated rings. The van der Waals surface area contributed by atoms with Gasteiger partial charge < -0.3 is 20.9 Å². The topological polar surface area (TPSA) is 79.9 Å². The summed E-state index contributed by atoms with van der Waals surface area (Å²) in [6.07, 6.45) is 1.95. The number of aromatic hydroxyl groups is 1. The first kappa shape index (κ1) is 17.7. The molecule has 0 aliphatic rings. The number of ether oxygens (including phenoxy) is 1. The number of aryl methyl sites for hydroxylation is 1. The molecular formula is C19H25N3O2. The molecule has 0 radical (unpaired) electrons. The zero-order valence-electron chi connectivity index (χ0n) is 14.2. The maximum atomic E-state index is 9.25. The maximum Gasteiger partial charge on any atom is 0.193 e. The van der Waals surface area contributed by atoms with Gasteiger partial charge in [0, 0.05) is 12.2 Å². The summed E-state index contributed by atoms with van der Waals surface area (Å²) in [6, 6.07) is 14.9. The van der Waals surface area contributed by atoms with Gasteiger partial charge in [0.05, 0.1) is 6.10 Å². The van der Waals surface area contributed by atoms with Crippen LogP contribution in [0, 0.1) is 0 Å². The number of anilines is 1. The molecule has 4 N–H and O–H groups in total. The highest BCUT2D eigenvalue weighted by molar-refractivity contribution is 5.92. The normalized spacial score (nSPS) is 11.5. The third-order valence-electron chi connectivity index (χ3n) is 3.34. The molecule has 0 aliphatic heterocycles. The van der Waals surface area contributed by atoms with Gasteiger partial charge in [-0.25, -0.2) is 0 Å². The molecule has 0 spiro atoms. The lowest BCUT2D eigenvalue weighted by molar-refractivity contribution is 0.242. The number of benzene rings is 2. The Morgan fingerprint density at radius 2 is 1.79 bits per heavy atom. The first-order valence-corrected chi connectivity index (χ1v) is 8.14. The van der Waals surface area contributed by atoms with Gasteiger partial charge in [0.1, 0.15) is 11.5 Å². The molecule has 0 aromatic heterocycles. The standard InChI is InChI=1S/C19H25N3O2/c1-14(2)24-18-11-7-16(8-12-18)22-19(20)21-13-3-4-15-5-9-17(23)10-6-15/h5-12,14,23H,3-4,13H2,1-2H3,(H3,20,21,22). The van der Waals surface area contributed by atoms with Gasteiger partial charge in [0.2, 0.25) is 0 Å². The zero-order valence-corrected chi connectivity index (χ0v) is 14.2. The lowest BCUT2D eigenvalue weighted by Gasteiger charge is -2.11. The Morgan fingerprint density at radius 1 is 1.12 bits per heavy atom. The Labute approximate surface area is 143 Å². The van der Waals surface area contributed by atoms with Crippen LogP contribution in [0.3, 0.4) is 0 Å². The molecule has 5 heteroatoms. The Bertz CT molecular complexity index is 649. The number of aliphatic imine (C=N–C) groups is 1. The summed E-state index contributed by atoms with van der Waals surface area (Å²) < 4.78 is 5.60. The van der Waals surface area contributed by atoms with Crippen LogP contribution in [-0.4, -0.2) is 23.7 Å². The van der Waals surface area contributed by atoms with E-state index < -0.39 is 0 Å². The summed E-state index contributed by atoms with van der Waals surface area (Å²) in [5, 5.41) is 12.3. The SMILES string of the molecule is CC(C)Oc1ccc(NC(N)=NCCCc2ccc(O)cc2)cc1. The van der Waals surface area contributed by atoms with E-state index in [-0.39, 0.29) is 11.9 Å². The predicted octanol–water partition coefficient (Wildman–Crippen LogP) is 3.54. The second-order valence-electron chi connectivity index (χ2n) is 5.85. The van der Waals surface area contributed by atoms with Gasteiger partial charge in [-0.1, -0.05) is 12.1 Å². The number of nitrogens with one attached hydrogen (secondary N) is 1. The second kappa shape index (κ2) is 8.82. The molecule has 0 aliphatic carbocycles. The Hall–Kier alpha value is -2.69. The van der Waals surface area contributed by atoms with Crippen LogP contribution in [0.1, 0.15) is 25.8 Å². The van der Waals surface area contributed by atoms with E-state index in [1.807, 2.05) is 50.2 Å². The van der Waals surface area contributed by atoms with E-state index in [2.05, 4.69) is 10.3 Å². The molecule has 24 heavy (non-hydrogen) atoms. The number of rotatable bonds is 7. The van der Waals surface area contributed by atoms with Crippen molar-refractivity contribution in [2.24, 2.45) is 10.7 Å². The molecule has 0 saturated heterocycles. The van der Waals surface area contributed by atoms with Gasteiger partial charge in [0.25, 0.3) is 0 Å². The minimum absolute atomic E-state index is 0.157. The first-order valence-electron chi connectivity index (χ1n) is 8.14. The summed E-state index contributed by atoms with van der Waals surface area (Å²) in [5.74, 6) is 1.52. The minimum atomic E-state index is 0.157. The van der Waals surface area contributed by atoms with Crippen LogP contribution >= 0.6 is 0 Å². The van der Waals surface area contributed by atoms with Crippen molar-refractivity contribution >= 4 is 11.6 Å². The number of nitrogens with two attached hydrogens (primary N) is 1. The van der Waals surface area contributed by atoms with Crippen molar-refractivity contribution in [3.05, 3.63) is 54.1 Å². The van der Waals surface area contributed by atoms with Crippen LogP contribution in [-0.2, 0) is 6.42 Å². The highest BCUT2D eigenvalue weighted by atomic mass is 16.5. The number of phenols is 1. The van der Waals surface area contributed by atoms with Gasteiger partial charge in [-0.2, -0.15) is 0 Å². The summed E-state index contributed by atoms with van der Waals surface area (Å²) in [5.41, 5.74) is 7.96. The summed E-state index contributed by atoms with van der Waals surface area (Å²) >= 11 is 0. The van der Waals surface area contributed by atoms with Gasteiger partial charge >= 0.3 is 0 Å². The third-order valence-corrected chi connectivity index (χ3v) is 3.34. The van der Waals surface area contributed by atoms with Crippen molar-refractivity contribution in [2.75, 3.05) is 11.9 Å².